The van der Waals surface area contributed by atoms with Crippen LogP contribution in [0, 0.1) is 0 Å². The van der Waals surface area contributed by atoms with Crippen LogP contribution in [0.25, 0.3) is 22.3 Å². The zero-order valence-corrected chi connectivity index (χ0v) is 18.0. The SMILES string of the molecule is Nc1cccc(CC(=O)Nc2cc(-c3nc(NC4CCNC4)c4ccncc4n3)ccn2)c1. The summed E-state index contributed by atoms with van der Waals surface area (Å²) in [5, 5.41) is 10.7. The second-order valence-corrected chi connectivity index (χ2v) is 8.02. The van der Waals surface area contributed by atoms with E-state index < -0.39 is 0 Å². The van der Waals surface area contributed by atoms with E-state index in [-0.39, 0.29) is 12.3 Å². The maximum absolute atomic E-state index is 12.5. The van der Waals surface area contributed by atoms with E-state index >= 15 is 0 Å². The van der Waals surface area contributed by atoms with Gasteiger partial charge in [-0.05, 0) is 48.9 Å². The predicted molar refractivity (Wildman–Crippen MR) is 129 cm³/mol. The Balaban J connectivity index is 1.40. The van der Waals surface area contributed by atoms with E-state index in [0.29, 0.717) is 23.4 Å². The van der Waals surface area contributed by atoms with Crippen LogP contribution in [0.4, 0.5) is 17.3 Å². The van der Waals surface area contributed by atoms with Crippen molar-refractivity contribution >= 4 is 34.1 Å². The molecule has 1 aliphatic rings. The van der Waals surface area contributed by atoms with E-state index in [1.165, 1.54) is 0 Å². The average Bonchev–Trinajstić information content (AvgIpc) is 3.32. The number of nitrogens with zero attached hydrogens (tertiary/aromatic N) is 4. The van der Waals surface area contributed by atoms with Gasteiger partial charge >= 0.3 is 0 Å². The minimum absolute atomic E-state index is 0.176. The highest BCUT2D eigenvalue weighted by atomic mass is 16.1. The van der Waals surface area contributed by atoms with Crippen LogP contribution in [-0.4, -0.2) is 45.0 Å². The van der Waals surface area contributed by atoms with Gasteiger partial charge in [0.2, 0.25) is 5.91 Å². The molecule has 9 heteroatoms. The summed E-state index contributed by atoms with van der Waals surface area (Å²) >= 11 is 0. The summed E-state index contributed by atoms with van der Waals surface area (Å²) < 4.78 is 0. The molecule has 0 aliphatic carbocycles. The molecule has 1 aromatic carbocycles. The quantitative estimate of drug-likeness (QED) is 0.337. The van der Waals surface area contributed by atoms with Gasteiger partial charge in [0.25, 0.3) is 0 Å². The first-order valence-electron chi connectivity index (χ1n) is 10.8. The highest BCUT2D eigenvalue weighted by molar-refractivity contribution is 5.92. The van der Waals surface area contributed by atoms with Crippen molar-refractivity contribution < 1.29 is 4.79 Å². The fraction of sp³-hybridized carbons (Fsp3) is 0.208. The number of hydrogen-bond acceptors (Lipinski definition) is 8. The second-order valence-electron chi connectivity index (χ2n) is 8.02. The molecule has 1 saturated heterocycles. The number of anilines is 3. The molecule has 1 unspecified atom stereocenters. The van der Waals surface area contributed by atoms with Crippen LogP contribution < -0.4 is 21.7 Å². The fourth-order valence-corrected chi connectivity index (χ4v) is 3.90. The summed E-state index contributed by atoms with van der Waals surface area (Å²) in [7, 11) is 0. The minimum Gasteiger partial charge on any atom is -0.399 e. The Morgan fingerprint density at radius 1 is 1.15 bits per heavy atom. The van der Waals surface area contributed by atoms with Gasteiger partial charge in [-0.3, -0.25) is 9.78 Å². The first kappa shape index (κ1) is 20.8. The highest BCUT2D eigenvalue weighted by Crippen LogP contribution is 2.26. The van der Waals surface area contributed by atoms with Crippen LogP contribution in [0.5, 0.6) is 0 Å². The first-order valence-corrected chi connectivity index (χ1v) is 10.8. The molecule has 33 heavy (non-hydrogen) atoms. The summed E-state index contributed by atoms with van der Waals surface area (Å²) in [6.45, 7) is 1.88. The number of nitrogen functional groups attached to an aromatic ring is 1. The smallest absolute Gasteiger partial charge is 0.229 e. The normalized spacial score (nSPS) is 15.5. The van der Waals surface area contributed by atoms with E-state index in [4.69, 9.17) is 15.7 Å². The third kappa shape index (κ3) is 4.88. The van der Waals surface area contributed by atoms with Crippen molar-refractivity contribution in [1.29, 1.82) is 0 Å². The number of pyridine rings is 2. The molecular formula is C24H24N8O. The van der Waals surface area contributed by atoms with Crippen molar-refractivity contribution in [2.75, 3.05) is 29.5 Å². The van der Waals surface area contributed by atoms with Crippen LogP contribution in [0.1, 0.15) is 12.0 Å². The zero-order valence-electron chi connectivity index (χ0n) is 18.0. The molecule has 3 aromatic heterocycles. The fourth-order valence-electron chi connectivity index (χ4n) is 3.90. The number of amides is 1. The molecule has 5 rings (SSSR count). The lowest BCUT2D eigenvalue weighted by Gasteiger charge is -2.15. The molecule has 1 atom stereocenters. The van der Waals surface area contributed by atoms with Crippen LogP contribution >= 0.6 is 0 Å². The number of nitrogens with two attached hydrogens (primary N) is 1. The predicted octanol–water partition coefficient (Wildman–Crippen LogP) is 2.62. The van der Waals surface area contributed by atoms with E-state index in [1.807, 2.05) is 24.3 Å². The number of nitrogens with one attached hydrogen (secondary N) is 3. The summed E-state index contributed by atoms with van der Waals surface area (Å²) in [4.78, 5) is 30.5. The van der Waals surface area contributed by atoms with Crippen LogP contribution in [-0.2, 0) is 11.2 Å². The third-order valence-electron chi connectivity index (χ3n) is 5.50. The molecule has 0 saturated carbocycles. The third-order valence-corrected chi connectivity index (χ3v) is 5.50. The Hall–Kier alpha value is -4.11. The van der Waals surface area contributed by atoms with Gasteiger partial charge in [0.1, 0.15) is 11.6 Å². The Bertz CT molecular complexity index is 1300. The number of aromatic nitrogens is 4. The average molecular weight is 441 g/mol. The maximum atomic E-state index is 12.5. The molecule has 4 heterocycles. The van der Waals surface area contributed by atoms with Crippen molar-refractivity contribution in [1.82, 2.24) is 25.3 Å². The van der Waals surface area contributed by atoms with Crippen molar-refractivity contribution in [2.45, 2.75) is 18.9 Å². The zero-order chi connectivity index (χ0) is 22.6. The van der Waals surface area contributed by atoms with Crippen molar-refractivity contribution in [3.05, 3.63) is 66.6 Å². The number of rotatable bonds is 6. The van der Waals surface area contributed by atoms with Gasteiger partial charge in [-0.2, -0.15) is 0 Å². The lowest BCUT2D eigenvalue weighted by atomic mass is 10.1. The van der Waals surface area contributed by atoms with E-state index in [2.05, 4.69) is 25.9 Å². The first-order chi connectivity index (χ1) is 16.1. The number of benzene rings is 1. The molecule has 0 radical (unpaired) electrons. The topological polar surface area (TPSA) is 131 Å². The molecule has 5 N–H and O–H groups in total. The number of carbonyl (C=O) groups is 1. The molecule has 0 bridgehead atoms. The Labute approximate surface area is 190 Å². The molecule has 0 spiro atoms. The lowest BCUT2D eigenvalue weighted by Crippen LogP contribution is -2.23. The minimum atomic E-state index is -0.176. The van der Waals surface area contributed by atoms with Crippen LogP contribution in [0.2, 0.25) is 0 Å². The molecule has 1 aliphatic heterocycles. The molecular weight excluding hydrogens is 416 g/mol. The lowest BCUT2D eigenvalue weighted by molar-refractivity contribution is -0.115. The molecule has 1 fully saturated rings. The van der Waals surface area contributed by atoms with E-state index in [9.17, 15) is 4.79 Å². The molecule has 9 nitrogen and oxygen atoms in total. The van der Waals surface area contributed by atoms with Gasteiger partial charge in [-0.25, -0.2) is 15.0 Å². The van der Waals surface area contributed by atoms with Gasteiger partial charge in [0.05, 0.1) is 18.1 Å². The van der Waals surface area contributed by atoms with Crippen LogP contribution in [0.3, 0.4) is 0 Å². The summed E-state index contributed by atoms with van der Waals surface area (Å²) in [5.74, 6) is 1.57. The molecule has 4 aromatic rings. The van der Waals surface area contributed by atoms with Crippen LogP contribution in [0.15, 0.2) is 61.1 Å². The Kier molecular flexibility index (Phi) is 5.77. The Morgan fingerprint density at radius 3 is 2.94 bits per heavy atom. The standard InChI is InChI=1S/C24H24N8O/c25-17-3-1-2-15(10-17)11-22(33)31-21-12-16(4-9-28-21)23-30-20-14-27-8-6-19(20)24(32-23)29-18-5-7-26-13-18/h1-4,6,8-10,12,14,18,26H,5,7,11,13,25H2,(H,28,31,33)(H,29,30,32). The van der Waals surface area contributed by atoms with Gasteiger partial charge in [-0.1, -0.05) is 12.1 Å². The molecule has 1 amide bonds. The summed E-state index contributed by atoms with van der Waals surface area (Å²) in [5.41, 5.74) is 8.77. The number of fused-ring (bicyclic) bond motifs is 1. The summed E-state index contributed by atoms with van der Waals surface area (Å²) in [6, 6.07) is 13.1. The highest BCUT2D eigenvalue weighted by Gasteiger charge is 2.18. The summed E-state index contributed by atoms with van der Waals surface area (Å²) in [6.07, 6.45) is 6.34. The van der Waals surface area contributed by atoms with E-state index in [0.717, 1.165) is 47.4 Å². The van der Waals surface area contributed by atoms with Gasteiger partial charge in [0.15, 0.2) is 5.82 Å². The van der Waals surface area contributed by atoms with Gasteiger partial charge < -0.3 is 21.7 Å². The molecule has 166 valence electrons. The second kappa shape index (κ2) is 9.17. The Morgan fingerprint density at radius 2 is 2.09 bits per heavy atom. The van der Waals surface area contributed by atoms with E-state index in [1.54, 1.807) is 36.8 Å². The number of hydrogen-bond donors (Lipinski definition) is 4. The van der Waals surface area contributed by atoms with Crippen molar-refractivity contribution in [3.63, 3.8) is 0 Å². The van der Waals surface area contributed by atoms with Crippen molar-refractivity contribution in [3.8, 4) is 11.4 Å². The van der Waals surface area contributed by atoms with Crippen molar-refractivity contribution in [2.24, 2.45) is 0 Å². The largest absolute Gasteiger partial charge is 0.399 e. The monoisotopic (exact) mass is 440 g/mol. The number of carbonyl (C=O) groups excluding carboxylic acids is 1. The maximum Gasteiger partial charge on any atom is 0.229 e. The van der Waals surface area contributed by atoms with Gasteiger partial charge in [0, 0.05) is 41.6 Å². The van der Waals surface area contributed by atoms with Gasteiger partial charge in [-0.15, -0.1) is 0 Å².